The molecule has 2 aromatic rings. The van der Waals surface area contributed by atoms with E-state index < -0.39 is 0 Å². The van der Waals surface area contributed by atoms with Crippen molar-refractivity contribution < 1.29 is 9.53 Å². The summed E-state index contributed by atoms with van der Waals surface area (Å²) in [5.41, 5.74) is 1.65. The number of pyridine rings is 1. The van der Waals surface area contributed by atoms with Crippen LogP contribution in [0.25, 0.3) is 0 Å². The van der Waals surface area contributed by atoms with Crippen LogP contribution in [0, 0.1) is 0 Å². The molecule has 1 aromatic heterocycles. The Kier molecular flexibility index (Phi) is 4.85. The van der Waals surface area contributed by atoms with Crippen molar-refractivity contribution in [3.63, 3.8) is 0 Å². The standard InChI is InChI=1S/C16H18N2O2/c1-12(18-11-13-6-5-9-17-10-13)16(19)14-7-3-4-8-15(14)20-2/h3-10,12,18H,11H2,1-2H3. The normalized spacial score (nSPS) is 11.9. The van der Waals surface area contributed by atoms with E-state index in [0.29, 0.717) is 17.9 Å². The van der Waals surface area contributed by atoms with Crippen LogP contribution in [-0.2, 0) is 6.54 Å². The minimum atomic E-state index is -0.286. The maximum atomic E-state index is 12.4. The molecule has 1 heterocycles. The number of carbonyl (C=O) groups excluding carboxylic acids is 1. The lowest BCUT2D eigenvalue weighted by atomic mass is 10.0. The van der Waals surface area contributed by atoms with Gasteiger partial charge in [0, 0.05) is 18.9 Å². The number of hydrogen-bond donors (Lipinski definition) is 1. The molecule has 1 unspecified atom stereocenters. The Bertz CT molecular complexity index is 570. The van der Waals surface area contributed by atoms with Crippen LogP contribution in [-0.4, -0.2) is 23.9 Å². The summed E-state index contributed by atoms with van der Waals surface area (Å²) in [4.78, 5) is 16.4. The predicted octanol–water partition coefficient (Wildman–Crippen LogP) is 2.45. The van der Waals surface area contributed by atoms with Gasteiger partial charge in [0.2, 0.25) is 0 Å². The number of hydrogen-bond acceptors (Lipinski definition) is 4. The largest absolute Gasteiger partial charge is 0.496 e. The van der Waals surface area contributed by atoms with Gasteiger partial charge in [-0.05, 0) is 30.7 Å². The fraction of sp³-hybridized carbons (Fsp3) is 0.250. The predicted molar refractivity (Wildman–Crippen MR) is 77.9 cm³/mol. The Labute approximate surface area is 118 Å². The molecule has 0 aliphatic carbocycles. The van der Waals surface area contributed by atoms with E-state index >= 15 is 0 Å². The van der Waals surface area contributed by atoms with E-state index in [2.05, 4.69) is 10.3 Å². The van der Waals surface area contributed by atoms with E-state index in [4.69, 9.17) is 4.74 Å². The van der Waals surface area contributed by atoms with Crippen molar-refractivity contribution in [2.75, 3.05) is 7.11 Å². The van der Waals surface area contributed by atoms with Crippen LogP contribution in [0.15, 0.2) is 48.8 Å². The molecule has 20 heavy (non-hydrogen) atoms. The van der Waals surface area contributed by atoms with Crippen LogP contribution >= 0.6 is 0 Å². The number of nitrogens with zero attached hydrogens (tertiary/aromatic N) is 1. The molecule has 0 fully saturated rings. The number of carbonyl (C=O) groups is 1. The third-order valence-electron chi connectivity index (χ3n) is 3.10. The first kappa shape index (κ1) is 14.2. The first-order valence-corrected chi connectivity index (χ1v) is 6.52. The van der Waals surface area contributed by atoms with Crippen LogP contribution in [0.1, 0.15) is 22.8 Å². The second-order valence-corrected chi connectivity index (χ2v) is 4.53. The molecule has 0 radical (unpaired) electrons. The van der Waals surface area contributed by atoms with Gasteiger partial charge in [0.25, 0.3) is 0 Å². The molecular formula is C16H18N2O2. The molecule has 104 valence electrons. The molecule has 0 amide bonds. The fourth-order valence-electron chi connectivity index (χ4n) is 1.95. The van der Waals surface area contributed by atoms with Crippen molar-refractivity contribution >= 4 is 5.78 Å². The average molecular weight is 270 g/mol. The summed E-state index contributed by atoms with van der Waals surface area (Å²) in [5, 5.41) is 3.20. The number of ketones is 1. The van der Waals surface area contributed by atoms with E-state index in [1.807, 2.05) is 31.2 Å². The van der Waals surface area contributed by atoms with Crippen molar-refractivity contribution in [1.82, 2.24) is 10.3 Å². The van der Waals surface area contributed by atoms with Gasteiger partial charge in [-0.3, -0.25) is 9.78 Å². The van der Waals surface area contributed by atoms with Crippen LogP contribution < -0.4 is 10.1 Å². The van der Waals surface area contributed by atoms with Gasteiger partial charge in [0.15, 0.2) is 5.78 Å². The molecule has 1 atom stereocenters. The highest BCUT2D eigenvalue weighted by Crippen LogP contribution is 2.19. The Morgan fingerprint density at radius 2 is 2.10 bits per heavy atom. The molecule has 0 aliphatic rings. The van der Waals surface area contributed by atoms with Gasteiger partial charge in [-0.25, -0.2) is 0 Å². The number of benzene rings is 1. The summed E-state index contributed by atoms with van der Waals surface area (Å²) in [6, 6.07) is 10.8. The first-order chi connectivity index (χ1) is 9.72. The van der Waals surface area contributed by atoms with E-state index in [1.165, 1.54) is 0 Å². The number of para-hydroxylation sites is 1. The van der Waals surface area contributed by atoms with Crippen LogP contribution in [0.5, 0.6) is 5.75 Å². The van der Waals surface area contributed by atoms with Crippen molar-refractivity contribution in [2.45, 2.75) is 19.5 Å². The van der Waals surface area contributed by atoms with Gasteiger partial charge in [0.05, 0.1) is 18.7 Å². The lowest BCUT2D eigenvalue weighted by Crippen LogP contribution is -2.33. The van der Waals surface area contributed by atoms with E-state index in [9.17, 15) is 4.79 Å². The highest BCUT2D eigenvalue weighted by Gasteiger charge is 2.18. The maximum Gasteiger partial charge on any atom is 0.183 e. The molecule has 0 saturated heterocycles. The first-order valence-electron chi connectivity index (χ1n) is 6.52. The Morgan fingerprint density at radius 3 is 2.80 bits per heavy atom. The highest BCUT2D eigenvalue weighted by atomic mass is 16.5. The van der Waals surface area contributed by atoms with Gasteiger partial charge in [0.1, 0.15) is 5.75 Å². The molecule has 0 bridgehead atoms. The lowest BCUT2D eigenvalue weighted by molar-refractivity contribution is 0.0947. The molecule has 4 nitrogen and oxygen atoms in total. The lowest BCUT2D eigenvalue weighted by Gasteiger charge is -2.14. The Hall–Kier alpha value is -2.20. The molecule has 1 aromatic carbocycles. The third-order valence-corrected chi connectivity index (χ3v) is 3.10. The second-order valence-electron chi connectivity index (χ2n) is 4.53. The minimum Gasteiger partial charge on any atom is -0.496 e. The SMILES string of the molecule is COc1ccccc1C(=O)C(C)NCc1cccnc1. The van der Waals surface area contributed by atoms with Crippen molar-refractivity contribution in [2.24, 2.45) is 0 Å². The van der Waals surface area contributed by atoms with Gasteiger partial charge < -0.3 is 10.1 Å². The molecule has 0 aliphatic heterocycles. The molecule has 4 heteroatoms. The number of rotatable bonds is 6. The number of Topliss-reactive ketones (excluding diaryl/α,β-unsaturated/α-hetero) is 1. The summed E-state index contributed by atoms with van der Waals surface area (Å²) in [6.45, 7) is 2.46. The van der Waals surface area contributed by atoms with Gasteiger partial charge in [-0.1, -0.05) is 18.2 Å². The van der Waals surface area contributed by atoms with Crippen molar-refractivity contribution in [3.05, 3.63) is 59.9 Å². The summed E-state index contributed by atoms with van der Waals surface area (Å²) >= 11 is 0. The summed E-state index contributed by atoms with van der Waals surface area (Å²) in [7, 11) is 1.57. The highest BCUT2D eigenvalue weighted by molar-refractivity contribution is 6.02. The average Bonchev–Trinajstić information content (AvgIpc) is 2.52. The van der Waals surface area contributed by atoms with Crippen LogP contribution in [0.3, 0.4) is 0 Å². The van der Waals surface area contributed by atoms with Crippen molar-refractivity contribution in [1.29, 1.82) is 0 Å². The van der Waals surface area contributed by atoms with Crippen molar-refractivity contribution in [3.8, 4) is 5.75 Å². The second kappa shape index (κ2) is 6.82. The third kappa shape index (κ3) is 3.42. The van der Waals surface area contributed by atoms with Gasteiger partial charge in [-0.2, -0.15) is 0 Å². The molecular weight excluding hydrogens is 252 g/mol. The maximum absolute atomic E-state index is 12.4. The summed E-state index contributed by atoms with van der Waals surface area (Å²) in [6.07, 6.45) is 3.51. The Balaban J connectivity index is 2.02. The topological polar surface area (TPSA) is 51.2 Å². The number of nitrogens with one attached hydrogen (secondary N) is 1. The van der Waals surface area contributed by atoms with Crippen LogP contribution in [0.2, 0.25) is 0 Å². The zero-order valence-corrected chi connectivity index (χ0v) is 11.7. The summed E-state index contributed by atoms with van der Waals surface area (Å²) < 4.78 is 5.22. The smallest absolute Gasteiger partial charge is 0.183 e. The number of methoxy groups -OCH3 is 1. The summed E-state index contributed by atoms with van der Waals surface area (Å²) in [5.74, 6) is 0.624. The molecule has 2 rings (SSSR count). The number of aromatic nitrogens is 1. The minimum absolute atomic E-state index is 0.0198. The van der Waals surface area contributed by atoms with Gasteiger partial charge in [-0.15, -0.1) is 0 Å². The van der Waals surface area contributed by atoms with E-state index in [0.717, 1.165) is 5.56 Å². The quantitative estimate of drug-likeness (QED) is 0.819. The van der Waals surface area contributed by atoms with Gasteiger partial charge >= 0.3 is 0 Å². The zero-order valence-electron chi connectivity index (χ0n) is 11.7. The van der Waals surface area contributed by atoms with E-state index in [-0.39, 0.29) is 11.8 Å². The van der Waals surface area contributed by atoms with E-state index in [1.54, 1.807) is 31.6 Å². The Morgan fingerprint density at radius 1 is 1.30 bits per heavy atom. The monoisotopic (exact) mass is 270 g/mol. The zero-order chi connectivity index (χ0) is 14.4. The molecule has 1 N–H and O–H groups in total. The number of ether oxygens (including phenoxy) is 1. The fourth-order valence-corrected chi connectivity index (χ4v) is 1.95. The molecule has 0 spiro atoms. The van der Waals surface area contributed by atoms with Crippen LogP contribution in [0.4, 0.5) is 0 Å². The molecule has 0 saturated carbocycles.